The Bertz CT molecular complexity index is 1140. The van der Waals surface area contributed by atoms with Crippen LogP contribution >= 0.6 is 23.4 Å². The monoisotopic (exact) mass is 441 g/mol. The number of aryl methyl sites for hydroxylation is 2. The molecule has 4 rings (SSSR count). The highest BCUT2D eigenvalue weighted by Crippen LogP contribution is 2.27. The Morgan fingerprint density at radius 3 is 2.87 bits per heavy atom. The molecule has 0 bridgehead atoms. The maximum Gasteiger partial charge on any atom is 0.258 e. The number of hydrogen-bond donors (Lipinski definition) is 1. The first kappa shape index (κ1) is 20.9. The summed E-state index contributed by atoms with van der Waals surface area (Å²) in [5.41, 5.74) is 3.17. The van der Waals surface area contributed by atoms with E-state index in [9.17, 15) is 9.59 Å². The van der Waals surface area contributed by atoms with Crippen LogP contribution in [0.1, 0.15) is 36.7 Å². The molecule has 1 aliphatic carbocycles. The number of benzene rings is 2. The third-order valence-electron chi connectivity index (χ3n) is 5.34. The molecule has 5 nitrogen and oxygen atoms in total. The van der Waals surface area contributed by atoms with E-state index in [0.29, 0.717) is 34.0 Å². The van der Waals surface area contributed by atoms with Crippen LogP contribution in [-0.2, 0) is 24.2 Å². The number of thioether (sulfide) groups is 1. The fourth-order valence-corrected chi connectivity index (χ4v) is 4.88. The van der Waals surface area contributed by atoms with Crippen LogP contribution in [0.15, 0.2) is 46.1 Å². The molecule has 1 aromatic heterocycles. The summed E-state index contributed by atoms with van der Waals surface area (Å²) in [5.74, 6) is 0.873. The van der Waals surface area contributed by atoms with Crippen molar-refractivity contribution in [3.8, 4) is 0 Å². The van der Waals surface area contributed by atoms with Crippen molar-refractivity contribution in [2.75, 3.05) is 12.3 Å². The zero-order chi connectivity index (χ0) is 21.1. The van der Waals surface area contributed by atoms with Gasteiger partial charge in [0.1, 0.15) is 5.82 Å². The Hall–Kier alpha value is -2.31. The van der Waals surface area contributed by atoms with Gasteiger partial charge in [0.15, 0.2) is 0 Å². The van der Waals surface area contributed by atoms with E-state index < -0.39 is 0 Å². The molecule has 0 aliphatic heterocycles. The summed E-state index contributed by atoms with van der Waals surface area (Å²) >= 11 is 7.61. The summed E-state index contributed by atoms with van der Waals surface area (Å²) in [6.45, 7) is 2.92. The van der Waals surface area contributed by atoms with Crippen molar-refractivity contribution < 1.29 is 4.79 Å². The Morgan fingerprint density at radius 1 is 1.20 bits per heavy atom. The molecule has 7 heteroatoms. The number of nitrogens with one attached hydrogen (secondary N) is 1. The minimum Gasteiger partial charge on any atom is -0.335 e. The second-order valence-corrected chi connectivity index (χ2v) is 9.05. The van der Waals surface area contributed by atoms with Gasteiger partial charge in [-0.2, -0.15) is 0 Å². The second-order valence-electron chi connectivity index (χ2n) is 7.56. The molecule has 0 fully saturated rings. The van der Waals surface area contributed by atoms with Crippen molar-refractivity contribution in [1.29, 1.82) is 0 Å². The van der Waals surface area contributed by atoms with Crippen LogP contribution in [0.4, 0.5) is 0 Å². The standard InChI is InChI=1S/C23H24ClN3O2S/c1-2-10-27(13-21-25-20-12-17(24)7-9-19(20)23(29)26-21)22(28)14-30-18-8-6-15-4-3-5-16(15)11-18/h6-9,11-12H,2-5,10,13-14H2,1H3,(H,25,26,29). The summed E-state index contributed by atoms with van der Waals surface area (Å²) < 4.78 is 0. The maximum atomic E-state index is 12.9. The average molecular weight is 442 g/mol. The van der Waals surface area contributed by atoms with Crippen LogP contribution in [0.3, 0.4) is 0 Å². The summed E-state index contributed by atoms with van der Waals surface area (Å²) in [7, 11) is 0. The number of hydrogen-bond acceptors (Lipinski definition) is 4. The average Bonchev–Trinajstić information content (AvgIpc) is 3.19. The van der Waals surface area contributed by atoms with Gasteiger partial charge in [0.25, 0.3) is 5.56 Å². The van der Waals surface area contributed by atoms with Gasteiger partial charge in [-0.15, -0.1) is 11.8 Å². The van der Waals surface area contributed by atoms with Gasteiger partial charge in [0.2, 0.25) is 5.91 Å². The molecule has 156 valence electrons. The van der Waals surface area contributed by atoms with Gasteiger partial charge in [-0.05, 0) is 67.1 Å². The largest absolute Gasteiger partial charge is 0.335 e. The predicted octanol–water partition coefficient (Wildman–Crippen LogP) is 4.60. The molecular formula is C23H24ClN3O2S. The minimum atomic E-state index is -0.219. The number of carbonyl (C=O) groups is 1. The Labute approximate surface area is 184 Å². The molecular weight excluding hydrogens is 418 g/mol. The summed E-state index contributed by atoms with van der Waals surface area (Å²) in [6, 6.07) is 11.5. The lowest BCUT2D eigenvalue weighted by atomic mass is 10.1. The Morgan fingerprint density at radius 2 is 2.03 bits per heavy atom. The molecule has 0 radical (unpaired) electrons. The van der Waals surface area contributed by atoms with Gasteiger partial charge in [0.05, 0.1) is 23.2 Å². The molecule has 0 saturated heterocycles. The van der Waals surface area contributed by atoms with E-state index >= 15 is 0 Å². The van der Waals surface area contributed by atoms with E-state index in [1.54, 1.807) is 34.9 Å². The predicted molar refractivity (Wildman–Crippen MR) is 122 cm³/mol. The Kier molecular flexibility index (Phi) is 6.44. The number of fused-ring (bicyclic) bond motifs is 2. The molecule has 2 aromatic carbocycles. The second kappa shape index (κ2) is 9.23. The highest BCUT2D eigenvalue weighted by molar-refractivity contribution is 8.00. The van der Waals surface area contributed by atoms with Gasteiger partial charge >= 0.3 is 0 Å². The van der Waals surface area contributed by atoms with E-state index in [-0.39, 0.29) is 18.0 Å². The molecule has 1 aliphatic rings. The van der Waals surface area contributed by atoms with Gasteiger partial charge in [-0.3, -0.25) is 9.59 Å². The fraction of sp³-hybridized carbons (Fsp3) is 0.348. The zero-order valence-electron chi connectivity index (χ0n) is 16.9. The van der Waals surface area contributed by atoms with Crippen molar-refractivity contribution in [2.24, 2.45) is 0 Å². The van der Waals surface area contributed by atoms with Crippen LogP contribution in [0.2, 0.25) is 5.02 Å². The molecule has 0 atom stereocenters. The topological polar surface area (TPSA) is 66.1 Å². The van der Waals surface area contributed by atoms with Gasteiger partial charge in [-0.1, -0.05) is 24.6 Å². The normalized spacial score (nSPS) is 12.9. The fourth-order valence-electron chi connectivity index (χ4n) is 3.85. The maximum absolute atomic E-state index is 12.9. The lowest BCUT2D eigenvalue weighted by molar-refractivity contribution is -0.129. The number of H-pyrrole nitrogens is 1. The van der Waals surface area contributed by atoms with Crippen molar-refractivity contribution in [3.05, 3.63) is 68.7 Å². The molecule has 3 aromatic rings. The number of rotatable bonds is 7. The molecule has 1 N–H and O–H groups in total. The number of halogens is 1. The first-order valence-corrected chi connectivity index (χ1v) is 11.6. The quantitative estimate of drug-likeness (QED) is 0.544. The third kappa shape index (κ3) is 4.71. The molecule has 1 heterocycles. The first-order chi connectivity index (χ1) is 14.5. The third-order valence-corrected chi connectivity index (χ3v) is 6.55. The van der Waals surface area contributed by atoms with E-state index in [0.717, 1.165) is 24.2 Å². The van der Waals surface area contributed by atoms with E-state index in [2.05, 4.69) is 28.2 Å². The van der Waals surface area contributed by atoms with Crippen LogP contribution in [0.25, 0.3) is 10.9 Å². The van der Waals surface area contributed by atoms with Crippen LogP contribution < -0.4 is 5.56 Å². The number of aromatic nitrogens is 2. The van der Waals surface area contributed by atoms with E-state index in [1.165, 1.54) is 17.5 Å². The zero-order valence-corrected chi connectivity index (χ0v) is 18.5. The molecule has 30 heavy (non-hydrogen) atoms. The van der Waals surface area contributed by atoms with Gasteiger partial charge in [-0.25, -0.2) is 4.98 Å². The van der Waals surface area contributed by atoms with Gasteiger partial charge < -0.3 is 9.88 Å². The van der Waals surface area contributed by atoms with E-state index in [1.807, 2.05) is 6.92 Å². The number of nitrogens with zero attached hydrogens (tertiary/aromatic N) is 2. The Balaban J connectivity index is 1.47. The van der Waals surface area contributed by atoms with Crippen molar-refractivity contribution in [3.63, 3.8) is 0 Å². The number of carbonyl (C=O) groups excluding carboxylic acids is 1. The van der Waals surface area contributed by atoms with Crippen molar-refractivity contribution >= 4 is 40.2 Å². The molecule has 1 amide bonds. The molecule has 0 saturated carbocycles. The molecule has 0 spiro atoms. The minimum absolute atomic E-state index is 0.0381. The van der Waals surface area contributed by atoms with E-state index in [4.69, 9.17) is 11.6 Å². The van der Waals surface area contributed by atoms with Crippen LogP contribution in [0.5, 0.6) is 0 Å². The van der Waals surface area contributed by atoms with Crippen molar-refractivity contribution in [1.82, 2.24) is 14.9 Å². The molecule has 0 unspecified atom stereocenters. The van der Waals surface area contributed by atoms with Gasteiger partial charge in [0, 0.05) is 16.5 Å². The summed E-state index contributed by atoms with van der Waals surface area (Å²) in [6.07, 6.45) is 4.34. The smallest absolute Gasteiger partial charge is 0.258 e. The lowest BCUT2D eigenvalue weighted by Crippen LogP contribution is -2.34. The lowest BCUT2D eigenvalue weighted by Gasteiger charge is -2.21. The number of aromatic amines is 1. The SMILES string of the molecule is CCCN(Cc1nc2cc(Cl)ccc2c(=O)[nH]1)C(=O)CSc1ccc2c(c1)CCC2. The summed E-state index contributed by atoms with van der Waals surface area (Å²) in [5, 5.41) is 1.02. The summed E-state index contributed by atoms with van der Waals surface area (Å²) in [4.78, 5) is 35.5. The van der Waals surface area contributed by atoms with Crippen molar-refractivity contribution in [2.45, 2.75) is 44.0 Å². The highest BCUT2D eigenvalue weighted by atomic mass is 35.5. The first-order valence-electron chi connectivity index (χ1n) is 10.2. The van der Waals surface area contributed by atoms with Crippen LogP contribution in [-0.4, -0.2) is 33.1 Å². The highest BCUT2D eigenvalue weighted by Gasteiger charge is 2.17. The number of amides is 1. The van der Waals surface area contributed by atoms with Crippen LogP contribution in [0, 0.1) is 0 Å².